The maximum Gasteiger partial charge on any atom is 0.265 e. The molecule has 1 saturated heterocycles. The highest BCUT2D eigenvalue weighted by molar-refractivity contribution is 7.89. The highest BCUT2D eigenvalue weighted by Crippen LogP contribution is 2.36. The minimum absolute atomic E-state index is 0.0467. The molecule has 2 amide bonds. The first kappa shape index (κ1) is 23.9. The Kier molecular flexibility index (Phi) is 6.46. The van der Waals surface area contributed by atoms with Crippen molar-refractivity contribution in [3.05, 3.63) is 47.5 Å². The Labute approximate surface area is 198 Å². The molecule has 2 aliphatic heterocycles. The molecule has 2 aromatic rings. The molecule has 10 heteroatoms. The normalized spacial score (nSPS) is 20.6. The average molecular weight is 486 g/mol. The van der Waals surface area contributed by atoms with E-state index in [0.717, 1.165) is 0 Å². The molecular formula is C24H27N3O6S. The molecule has 9 nitrogen and oxygen atoms in total. The van der Waals surface area contributed by atoms with Gasteiger partial charge in [-0.25, -0.2) is 8.42 Å². The van der Waals surface area contributed by atoms with Gasteiger partial charge in [-0.3, -0.25) is 14.4 Å². The fraction of sp³-hybridized carbons (Fsp3) is 0.375. The highest BCUT2D eigenvalue weighted by atomic mass is 32.2. The van der Waals surface area contributed by atoms with Gasteiger partial charge in [-0.1, -0.05) is 12.1 Å². The quantitative estimate of drug-likeness (QED) is 0.628. The van der Waals surface area contributed by atoms with Crippen LogP contribution < -0.4 is 15.4 Å². The summed E-state index contributed by atoms with van der Waals surface area (Å²) >= 11 is 0. The Bertz CT molecular complexity index is 1270. The number of benzene rings is 2. The van der Waals surface area contributed by atoms with E-state index in [0.29, 0.717) is 47.6 Å². The predicted molar refractivity (Wildman–Crippen MR) is 126 cm³/mol. The number of sulfonamides is 1. The van der Waals surface area contributed by atoms with Crippen LogP contribution in [0.15, 0.2) is 41.3 Å². The van der Waals surface area contributed by atoms with Crippen LogP contribution in [0.2, 0.25) is 0 Å². The molecule has 4 rings (SSSR count). The number of piperidine rings is 1. The summed E-state index contributed by atoms with van der Waals surface area (Å²) in [5, 5.41) is 5.53. The number of nitrogens with zero attached hydrogens (tertiary/aromatic N) is 1. The van der Waals surface area contributed by atoms with Crippen LogP contribution in [0.4, 0.5) is 11.4 Å². The predicted octanol–water partition coefficient (Wildman–Crippen LogP) is 2.96. The summed E-state index contributed by atoms with van der Waals surface area (Å²) in [4.78, 5) is 36.5. The van der Waals surface area contributed by atoms with E-state index in [9.17, 15) is 22.8 Å². The van der Waals surface area contributed by atoms with Gasteiger partial charge in [-0.15, -0.1) is 0 Å². The van der Waals surface area contributed by atoms with Gasteiger partial charge >= 0.3 is 0 Å². The first-order valence-corrected chi connectivity index (χ1v) is 12.5. The lowest BCUT2D eigenvalue weighted by atomic mass is 9.98. The molecule has 0 aliphatic carbocycles. The Morgan fingerprint density at radius 2 is 1.97 bits per heavy atom. The summed E-state index contributed by atoms with van der Waals surface area (Å²) in [6.07, 6.45) is 0.369. The van der Waals surface area contributed by atoms with Crippen LogP contribution in [-0.4, -0.2) is 49.5 Å². The number of Topliss-reactive ketones (excluding diaryl/α,β-unsaturated/α-hetero) is 1. The zero-order chi connectivity index (χ0) is 24.6. The number of anilines is 2. The molecule has 0 bridgehead atoms. The smallest absolute Gasteiger partial charge is 0.265 e. The van der Waals surface area contributed by atoms with Gasteiger partial charge < -0.3 is 15.4 Å². The maximum absolute atomic E-state index is 13.5. The molecule has 1 fully saturated rings. The van der Waals surface area contributed by atoms with E-state index in [4.69, 9.17) is 4.74 Å². The van der Waals surface area contributed by atoms with Gasteiger partial charge in [0.15, 0.2) is 11.9 Å². The van der Waals surface area contributed by atoms with E-state index in [2.05, 4.69) is 10.6 Å². The molecular weight excluding hydrogens is 458 g/mol. The maximum atomic E-state index is 13.5. The van der Waals surface area contributed by atoms with Gasteiger partial charge in [0.2, 0.25) is 15.9 Å². The molecule has 0 saturated carbocycles. The minimum Gasteiger partial charge on any atom is -0.479 e. The van der Waals surface area contributed by atoms with Crippen molar-refractivity contribution in [2.24, 2.45) is 5.92 Å². The molecule has 0 unspecified atom stereocenters. The van der Waals surface area contributed by atoms with Crippen LogP contribution in [0.25, 0.3) is 0 Å². The highest BCUT2D eigenvalue weighted by Gasteiger charge is 2.35. The number of nitrogens with one attached hydrogen (secondary N) is 2. The molecule has 2 aliphatic rings. The van der Waals surface area contributed by atoms with Crippen molar-refractivity contribution in [2.75, 3.05) is 23.7 Å². The van der Waals surface area contributed by atoms with Gasteiger partial charge in [0, 0.05) is 30.4 Å². The second-order valence-corrected chi connectivity index (χ2v) is 10.6. The SMILES string of the molecule is CC(=O)c1cccc(NC(=O)[C@H]2CCCN(S(=O)(=O)c3cc4c(cc3C)NC(=O)[C@H](C)O4)C2)c1. The van der Waals surface area contributed by atoms with Crippen LogP contribution in [-0.2, 0) is 19.6 Å². The number of carbonyl (C=O) groups excluding carboxylic acids is 3. The van der Waals surface area contributed by atoms with Crippen LogP contribution in [0.1, 0.15) is 42.6 Å². The number of ketones is 1. The summed E-state index contributed by atoms with van der Waals surface area (Å²) < 4.78 is 33.9. The Morgan fingerprint density at radius 1 is 1.21 bits per heavy atom. The molecule has 2 heterocycles. The van der Waals surface area contributed by atoms with Crippen molar-refractivity contribution in [3.63, 3.8) is 0 Å². The molecule has 0 spiro atoms. The van der Waals surface area contributed by atoms with Crippen LogP contribution >= 0.6 is 0 Å². The molecule has 180 valence electrons. The van der Waals surface area contributed by atoms with Gasteiger partial charge in [0.05, 0.1) is 16.5 Å². The standard InChI is InChI=1S/C24H27N3O6S/c1-14-10-20-21(33-16(3)23(29)26-20)12-22(14)34(31,32)27-9-5-7-18(13-27)24(30)25-19-8-4-6-17(11-19)15(2)28/h4,6,8,10-12,16,18H,5,7,9,13H2,1-3H3,(H,25,30)(H,26,29)/t16-,18-/m0/s1. The Hall–Kier alpha value is -3.24. The number of amides is 2. The molecule has 2 aromatic carbocycles. The lowest BCUT2D eigenvalue weighted by Crippen LogP contribution is -2.44. The minimum atomic E-state index is -3.90. The van der Waals surface area contributed by atoms with E-state index in [1.807, 2.05) is 0 Å². The van der Waals surface area contributed by atoms with E-state index in [1.165, 1.54) is 17.3 Å². The largest absolute Gasteiger partial charge is 0.479 e. The van der Waals surface area contributed by atoms with Crippen LogP contribution in [0, 0.1) is 12.8 Å². The molecule has 2 atom stereocenters. The zero-order valence-electron chi connectivity index (χ0n) is 19.3. The third kappa shape index (κ3) is 4.69. The average Bonchev–Trinajstić information content (AvgIpc) is 2.80. The van der Waals surface area contributed by atoms with Crippen molar-refractivity contribution < 1.29 is 27.5 Å². The Morgan fingerprint density at radius 3 is 2.71 bits per heavy atom. The van der Waals surface area contributed by atoms with Gasteiger partial charge in [0.1, 0.15) is 5.75 Å². The number of hydrogen-bond acceptors (Lipinski definition) is 6. The third-order valence-corrected chi connectivity index (χ3v) is 8.12. The summed E-state index contributed by atoms with van der Waals surface area (Å²) in [7, 11) is -3.90. The van der Waals surface area contributed by atoms with Crippen molar-refractivity contribution in [3.8, 4) is 5.75 Å². The van der Waals surface area contributed by atoms with Crippen molar-refractivity contribution in [2.45, 2.75) is 44.6 Å². The van der Waals surface area contributed by atoms with Crippen molar-refractivity contribution in [1.29, 1.82) is 0 Å². The van der Waals surface area contributed by atoms with Gasteiger partial charge in [-0.2, -0.15) is 4.31 Å². The molecule has 0 radical (unpaired) electrons. The fourth-order valence-corrected chi connectivity index (χ4v) is 5.94. The number of aryl methyl sites for hydroxylation is 1. The summed E-state index contributed by atoms with van der Waals surface area (Å²) in [5.74, 6) is -0.917. The third-order valence-electron chi connectivity index (χ3n) is 6.12. The Balaban J connectivity index is 1.53. The topological polar surface area (TPSA) is 122 Å². The van der Waals surface area contributed by atoms with E-state index < -0.39 is 22.0 Å². The van der Waals surface area contributed by atoms with Crippen molar-refractivity contribution in [1.82, 2.24) is 4.31 Å². The molecule has 0 aromatic heterocycles. The zero-order valence-corrected chi connectivity index (χ0v) is 20.1. The van der Waals surface area contributed by atoms with Gasteiger partial charge in [0.25, 0.3) is 5.91 Å². The lowest BCUT2D eigenvalue weighted by Gasteiger charge is -2.32. The van der Waals surface area contributed by atoms with Gasteiger partial charge in [-0.05, 0) is 57.4 Å². The summed E-state index contributed by atoms with van der Waals surface area (Å²) in [6.45, 7) is 5.05. The van der Waals surface area contributed by atoms with Crippen molar-refractivity contribution >= 4 is 39.0 Å². The summed E-state index contributed by atoms with van der Waals surface area (Å²) in [5.41, 5.74) is 1.89. The van der Waals surface area contributed by atoms with E-state index in [1.54, 1.807) is 44.2 Å². The second kappa shape index (κ2) is 9.19. The second-order valence-electron chi connectivity index (χ2n) is 8.69. The van der Waals surface area contributed by atoms with Crippen LogP contribution in [0.5, 0.6) is 5.75 Å². The first-order valence-electron chi connectivity index (χ1n) is 11.1. The van der Waals surface area contributed by atoms with Crippen LogP contribution in [0.3, 0.4) is 0 Å². The molecule has 34 heavy (non-hydrogen) atoms. The number of rotatable bonds is 5. The number of hydrogen-bond donors (Lipinski definition) is 2. The lowest BCUT2D eigenvalue weighted by molar-refractivity contribution is -0.123. The number of carbonyl (C=O) groups is 3. The number of ether oxygens (including phenoxy) is 1. The fourth-order valence-electron chi connectivity index (χ4n) is 4.19. The monoisotopic (exact) mass is 485 g/mol. The van der Waals surface area contributed by atoms with E-state index in [-0.39, 0.29) is 29.0 Å². The first-order chi connectivity index (χ1) is 16.1. The van der Waals surface area contributed by atoms with E-state index >= 15 is 0 Å². The number of fused-ring (bicyclic) bond motifs is 1. The summed E-state index contributed by atoms with van der Waals surface area (Å²) in [6, 6.07) is 9.68. The molecule has 2 N–H and O–H groups in total.